The first-order valence-electron chi connectivity index (χ1n) is 2.91. The van der Waals surface area contributed by atoms with E-state index in [0.29, 0.717) is 11.1 Å². The molecule has 0 N–H and O–H groups in total. The van der Waals surface area contributed by atoms with Gasteiger partial charge in [-0.1, -0.05) is 26.3 Å². The van der Waals surface area contributed by atoms with Crippen LogP contribution in [0.25, 0.3) is 0 Å². The van der Waals surface area contributed by atoms with Crippen molar-refractivity contribution in [3.8, 4) is 0 Å². The Kier molecular flexibility index (Phi) is 1.42. The SMILES string of the molecule is C=C1C(=C)C(=C)S(=O)(=O)C1=C. The maximum absolute atomic E-state index is 11.2. The quantitative estimate of drug-likeness (QED) is 0.550. The van der Waals surface area contributed by atoms with Crippen molar-refractivity contribution in [2.75, 3.05) is 0 Å². The van der Waals surface area contributed by atoms with E-state index in [1.807, 2.05) is 0 Å². The summed E-state index contributed by atoms with van der Waals surface area (Å²) in [6, 6.07) is 0. The Hall–Kier alpha value is -1.09. The van der Waals surface area contributed by atoms with Crippen molar-refractivity contribution in [1.82, 2.24) is 0 Å². The molecule has 1 aliphatic heterocycles. The van der Waals surface area contributed by atoms with Crippen molar-refractivity contribution in [3.05, 3.63) is 47.3 Å². The van der Waals surface area contributed by atoms with E-state index >= 15 is 0 Å². The minimum atomic E-state index is -3.39. The zero-order valence-corrected chi connectivity index (χ0v) is 6.87. The second-order valence-corrected chi connectivity index (χ2v) is 4.30. The first-order chi connectivity index (χ1) is 4.89. The average molecular weight is 168 g/mol. The molecule has 3 heteroatoms. The van der Waals surface area contributed by atoms with E-state index in [0.717, 1.165) is 0 Å². The van der Waals surface area contributed by atoms with Gasteiger partial charge in [0.05, 0.1) is 9.81 Å². The lowest BCUT2D eigenvalue weighted by atomic mass is 10.1. The van der Waals surface area contributed by atoms with Crippen LogP contribution in [0, 0.1) is 0 Å². The molecule has 0 atom stereocenters. The third-order valence-corrected chi connectivity index (χ3v) is 3.48. The smallest absolute Gasteiger partial charge is 0.206 e. The minimum Gasteiger partial charge on any atom is -0.219 e. The fourth-order valence-electron chi connectivity index (χ4n) is 0.810. The summed E-state index contributed by atoms with van der Waals surface area (Å²) in [5.74, 6) is 0. The van der Waals surface area contributed by atoms with E-state index in [9.17, 15) is 8.42 Å². The van der Waals surface area contributed by atoms with Crippen LogP contribution in [0.3, 0.4) is 0 Å². The number of allylic oxidation sites excluding steroid dienone is 2. The Morgan fingerprint density at radius 3 is 1.18 bits per heavy atom. The fourth-order valence-corrected chi connectivity index (χ4v) is 2.00. The van der Waals surface area contributed by atoms with Gasteiger partial charge in [0, 0.05) is 0 Å². The van der Waals surface area contributed by atoms with E-state index in [2.05, 4.69) is 26.3 Å². The minimum absolute atomic E-state index is 0.0208. The van der Waals surface area contributed by atoms with Gasteiger partial charge in [0.1, 0.15) is 0 Å². The van der Waals surface area contributed by atoms with Gasteiger partial charge in [0.25, 0.3) is 0 Å². The van der Waals surface area contributed by atoms with Crippen LogP contribution in [0.4, 0.5) is 0 Å². The predicted octanol–water partition coefficient (Wildman–Crippen LogP) is 1.55. The topological polar surface area (TPSA) is 34.1 Å². The molecule has 0 aromatic carbocycles. The largest absolute Gasteiger partial charge is 0.219 e. The van der Waals surface area contributed by atoms with Crippen LogP contribution in [-0.4, -0.2) is 8.42 Å². The van der Waals surface area contributed by atoms with E-state index in [1.165, 1.54) is 0 Å². The summed E-state index contributed by atoms with van der Waals surface area (Å²) < 4.78 is 22.4. The molecule has 11 heavy (non-hydrogen) atoms. The van der Waals surface area contributed by atoms with Gasteiger partial charge in [-0.3, -0.25) is 0 Å². The molecule has 0 aromatic rings. The van der Waals surface area contributed by atoms with Gasteiger partial charge in [-0.25, -0.2) is 8.42 Å². The lowest BCUT2D eigenvalue weighted by Crippen LogP contribution is -1.94. The summed E-state index contributed by atoms with van der Waals surface area (Å²) in [6.45, 7) is 13.8. The van der Waals surface area contributed by atoms with Crippen molar-refractivity contribution < 1.29 is 8.42 Å². The predicted molar refractivity (Wildman–Crippen MR) is 45.5 cm³/mol. The Morgan fingerprint density at radius 2 is 1.09 bits per heavy atom. The molecule has 1 rings (SSSR count). The molecular formula is C8H8O2S. The van der Waals surface area contributed by atoms with Gasteiger partial charge in [-0.2, -0.15) is 0 Å². The molecule has 0 saturated carbocycles. The highest BCUT2D eigenvalue weighted by molar-refractivity contribution is 8.00. The van der Waals surface area contributed by atoms with Crippen molar-refractivity contribution in [2.24, 2.45) is 0 Å². The molecule has 0 bridgehead atoms. The molecule has 1 fully saturated rings. The van der Waals surface area contributed by atoms with Crippen LogP contribution in [0.15, 0.2) is 47.3 Å². The summed E-state index contributed by atoms with van der Waals surface area (Å²) in [5.41, 5.74) is 0.741. The van der Waals surface area contributed by atoms with Crippen molar-refractivity contribution in [1.29, 1.82) is 0 Å². The number of sulfone groups is 1. The highest BCUT2D eigenvalue weighted by atomic mass is 32.2. The van der Waals surface area contributed by atoms with E-state index in [1.54, 1.807) is 0 Å². The normalized spacial score (nSPS) is 22.9. The standard InChI is InChI=1S/C8H8O2S/c1-5-6(2)8(4)11(9,10)7(5)3/h1-4H2. The first kappa shape index (κ1) is 8.01. The fraction of sp³-hybridized carbons (Fsp3) is 0. The lowest BCUT2D eigenvalue weighted by Gasteiger charge is -1.90. The lowest BCUT2D eigenvalue weighted by molar-refractivity contribution is 0.610. The molecule has 2 nitrogen and oxygen atoms in total. The number of hydrogen-bond acceptors (Lipinski definition) is 2. The first-order valence-corrected chi connectivity index (χ1v) is 4.39. The van der Waals surface area contributed by atoms with Gasteiger partial charge in [0.2, 0.25) is 9.84 Å². The Bertz CT molecular complexity index is 350. The zero-order valence-electron chi connectivity index (χ0n) is 6.05. The molecule has 0 radical (unpaired) electrons. The summed E-state index contributed by atoms with van der Waals surface area (Å²) in [5, 5.41) is 0. The van der Waals surface area contributed by atoms with E-state index < -0.39 is 9.84 Å². The summed E-state index contributed by atoms with van der Waals surface area (Å²) in [7, 11) is -3.39. The molecule has 0 amide bonds. The average Bonchev–Trinajstić information content (AvgIpc) is 2.06. The van der Waals surface area contributed by atoms with Gasteiger partial charge in [-0.05, 0) is 11.1 Å². The third-order valence-electron chi connectivity index (χ3n) is 1.69. The monoisotopic (exact) mass is 168 g/mol. The zero-order chi connectivity index (χ0) is 8.81. The van der Waals surface area contributed by atoms with E-state index in [-0.39, 0.29) is 9.81 Å². The van der Waals surface area contributed by atoms with Crippen LogP contribution in [0.1, 0.15) is 0 Å². The molecule has 1 aliphatic rings. The van der Waals surface area contributed by atoms with Crippen LogP contribution >= 0.6 is 0 Å². The second kappa shape index (κ2) is 1.95. The van der Waals surface area contributed by atoms with Crippen molar-refractivity contribution in [2.45, 2.75) is 0 Å². The molecular weight excluding hydrogens is 160 g/mol. The molecule has 0 unspecified atom stereocenters. The maximum atomic E-state index is 11.2. The number of rotatable bonds is 0. The molecule has 1 saturated heterocycles. The second-order valence-electron chi connectivity index (χ2n) is 2.31. The van der Waals surface area contributed by atoms with Gasteiger partial charge >= 0.3 is 0 Å². The Morgan fingerprint density at radius 1 is 0.818 bits per heavy atom. The van der Waals surface area contributed by atoms with Crippen LogP contribution in [0.5, 0.6) is 0 Å². The van der Waals surface area contributed by atoms with Gasteiger partial charge in [0.15, 0.2) is 0 Å². The molecule has 1 heterocycles. The highest BCUT2D eigenvalue weighted by Gasteiger charge is 2.33. The third kappa shape index (κ3) is 0.811. The Labute approximate surface area is 66.2 Å². The van der Waals surface area contributed by atoms with Crippen molar-refractivity contribution in [3.63, 3.8) is 0 Å². The van der Waals surface area contributed by atoms with E-state index in [4.69, 9.17) is 0 Å². The summed E-state index contributed by atoms with van der Waals surface area (Å²) >= 11 is 0. The molecule has 58 valence electrons. The summed E-state index contributed by atoms with van der Waals surface area (Å²) in [6.07, 6.45) is 0. The number of hydrogen-bond donors (Lipinski definition) is 0. The van der Waals surface area contributed by atoms with Gasteiger partial charge in [-0.15, -0.1) is 0 Å². The highest BCUT2D eigenvalue weighted by Crippen LogP contribution is 2.38. The maximum Gasteiger partial charge on any atom is 0.206 e. The summed E-state index contributed by atoms with van der Waals surface area (Å²) in [4.78, 5) is 0.0417. The van der Waals surface area contributed by atoms with Crippen LogP contribution in [-0.2, 0) is 9.84 Å². The van der Waals surface area contributed by atoms with Crippen LogP contribution in [0.2, 0.25) is 0 Å². The molecule has 0 spiro atoms. The molecule has 0 aromatic heterocycles. The molecule has 0 aliphatic carbocycles. The van der Waals surface area contributed by atoms with Crippen molar-refractivity contribution >= 4 is 9.84 Å². The Balaban J connectivity index is 3.53. The van der Waals surface area contributed by atoms with Crippen LogP contribution < -0.4 is 0 Å². The van der Waals surface area contributed by atoms with Gasteiger partial charge < -0.3 is 0 Å².